The molecule has 1 saturated heterocycles. The standard InChI is InChI=1S/C17H27BrN2O4/c18-15-1-3-17(4-2-15)24-12-11-23-14-16(22)13-20-7-5-19(6-8-20)9-10-21/h1-4,16,21-22H,5-14H2/p+2/t16-/m1/s1. The Labute approximate surface area is 152 Å². The van der Waals surface area contributed by atoms with Crippen LogP contribution in [-0.2, 0) is 4.74 Å². The number of nitrogens with one attached hydrogen (secondary N) is 2. The van der Waals surface area contributed by atoms with Crippen molar-refractivity contribution < 1.29 is 29.5 Å². The number of benzene rings is 1. The van der Waals surface area contributed by atoms with Crippen molar-refractivity contribution in [3.8, 4) is 5.75 Å². The number of aliphatic hydroxyl groups is 2. The summed E-state index contributed by atoms with van der Waals surface area (Å²) in [6, 6.07) is 7.68. The van der Waals surface area contributed by atoms with Crippen LogP contribution in [0.1, 0.15) is 0 Å². The fraction of sp³-hybridized carbons (Fsp3) is 0.647. The van der Waals surface area contributed by atoms with Gasteiger partial charge in [-0.05, 0) is 24.3 Å². The highest BCUT2D eigenvalue weighted by atomic mass is 79.9. The summed E-state index contributed by atoms with van der Waals surface area (Å²) < 4.78 is 12.1. The van der Waals surface area contributed by atoms with Crippen molar-refractivity contribution in [2.75, 3.05) is 65.7 Å². The Kier molecular flexibility index (Phi) is 9.01. The SMILES string of the molecule is OCC[NH+]1CC[NH+](C[C@@H](O)COCCOc2ccc(Br)cc2)CC1. The molecule has 0 aliphatic carbocycles. The van der Waals surface area contributed by atoms with Crippen LogP contribution < -0.4 is 14.5 Å². The average Bonchev–Trinajstić information content (AvgIpc) is 2.58. The summed E-state index contributed by atoms with van der Waals surface area (Å²) in [5, 5.41) is 19.0. The lowest BCUT2D eigenvalue weighted by molar-refractivity contribution is -1.01. The van der Waals surface area contributed by atoms with Crippen LogP contribution >= 0.6 is 15.9 Å². The van der Waals surface area contributed by atoms with E-state index >= 15 is 0 Å². The molecule has 1 aliphatic rings. The summed E-state index contributed by atoms with van der Waals surface area (Å²) in [7, 11) is 0. The third kappa shape index (κ3) is 7.46. The summed E-state index contributed by atoms with van der Waals surface area (Å²) in [6.07, 6.45) is -0.438. The molecule has 1 aromatic carbocycles. The van der Waals surface area contributed by atoms with Gasteiger partial charge in [0, 0.05) is 4.47 Å². The molecule has 1 aromatic rings. The minimum atomic E-state index is -0.438. The van der Waals surface area contributed by atoms with Crippen LogP contribution in [0.5, 0.6) is 5.75 Å². The van der Waals surface area contributed by atoms with Gasteiger partial charge in [-0.15, -0.1) is 0 Å². The van der Waals surface area contributed by atoms with Gasteiger partial charge in [0.05, 0.1) is 19.8 Å². The molecule has 0 aromatic heterocycles. The van der Waals surface area contributed by atoms with E-state index in [9.17, 15) is 5.11 Å². The van der Waals surface area contributed by atoms with Crippen LogP contribution in [0.2, 0.25) is 0 Å². The van der Waals surface area contributed by atoms with Gasteiger partial charge >= 0.3 is 0 Å². The largest absolute Gasteiger partial charge is 0.491 e. The van der Waals surface area contributed by atoms with E-state index in [-0.39, 0.29) is 6.61 Å². The van der Waals surface area contributed by atoms with E-state index in [1.807, 2.05) is 24.3 Å². The molecule has 0 unspecified atom stereocenters. The zero-order valence-corrected chi connectivity index (χ0v) is 15.6. The Morgan fingerprint density at radius 1 is 1.04 bits per heavy atom. The van der Waals surface area contributed by atoms with Crippen LogP contribution in [0.4, 0.5) is 0 Å². The van der Waals surface area contributed by atoms with Gasteiger partial charge in [-0.3, -0.25) is 0 Å². The van der Waals surface area contributed by atoms with E-state index in [2.05, 4.69) is 15.9 Å². The maximum absolute atomic E-state index is 10.1. The molecule has 1 heterocycles. The second-order valence-electron chi connectivity index (χ2n) is 6.21. The number of rotatable bonds is 10. The summed E-state index contributed by atoms with van der Waals surface area (Å²) >= 11 is 3.38. The first kappa shape index (κ1) is 19.6. The van der Waals surface area contributed by atoms with E-state index in [4.69, 9.17) is 14.6 Å². The molecule has 0 spiro atoms. The molecule has 7 heteroatoms. The third-order valence-corrected chi connectivity index (χ3v) is 4.80. The van der Waals surface area contributed by atoms with Gasteiger partial charge < -0.3 is 29.5 Å². The van der Waals surface area contributed by atoms with Crippen molar-refractivity contribution >= 4 is 15.9 Å². The molecule has 1 fully saturated rings. The molecule has 6 nitrogen and oxygen atoms in total. The zero-order valence-electron chi connectivity index (χ0n) is 14.0. The first-order chi connectivity index (χ1) is 11.7. The first-order valence-electron chi connectivity index (χ1n) is 8.59. The number of hydrogen-bond donors (Lipinski definition) is 4. The predicted octanol–water partition coefficient (Wildman–Crippen LogP) is -2.02. The van der Waals surface area contributed by atoms with Crippen molar-refractivity contribution in [1.82, 2.24) is 0 Å². The molecule has 0 radical (unpaired) electrons. The second kappa shape index (κ2) is 11.0. The summed E-state index contributed by atoms with van der Waals surface area (Å²) in [5.41, 5.74) is 0. The lowest BCUT2D eigenvalue weighted by atomic mass is 10.2. The molecular formula is C17H29BrN2O4+2. The Balaban J connectivity index is 1.51. The summed E-state index contributed by atoms with van der Waals surface area (Å²) in [6.45, 7) is 7.30. The lowest BCUT2D eigenvalue weighted by Gasteiger charge is -2.30. The molecule has 1 atom stereocenters. The fourth-order valence-electron chi connectivity index (χ4n) is 2.93. The Morgan fingerprint density at radius 2 is 1.71 bits per heavy atom. The number of aliphatic hydroxyl groups excluding tert-OH is 2. The predicted molar refractivity (Wildman–Crippen MR) is 94.7 cm³/mol. The Morgan fingerprint density at radius 3 is 2.38 bits per heavy atom. The molecule has 2 rings (SSSR count). The zero-order chi connectivity index (χ0) is 17.2. The third-order valence-electron chi connectivity index (χ3n) is 4.27. The number of ether oxygens (including phenoxy) is 2. The smallest absolute Gasteiger partial charge is 0.127 e. The molecular weight excluding hydrogens is 376 g/mol. The average molecular weight is 405 g/mol. The highest BCUT2D eigenvalue weighted by Crippen LogP contribution is 2.15. The van der Waals surface area contributed by atoms with Crippen LogP contribution in [-0.4, -0.2) is 82.0 Å². The molecule has 4 N–H and O–H groups in total. The fourth-order valence-corrected chi connectivity index (χ4v) is 3.19. The van der Waals surface area contributed by atoms with Crippen LogP contribution in [0.25, 0.3) is 0 Å². The van der Waals surface area contributed by atoms with Gasteiger partial charge in [-0.1, -0.05) is 15.9 Å². The number of hydrogen-bond acceptors (Lipinski definition) is 4. The van der Waals surface area contributed by atoms with Gasteiger partial charge in [-0.25, -0.2) is 0 Å². The normalized spacial score (nSPS) is 22.3. The number of piperazine rings is 1. The van der Waals surface area contributed by atoms with Crippen LogP contribution in [0, 0.1) is 0 Å². The monoisotopic (exact) mass is 404 g/mol. The molecule has 24 heavy (non-hydrogen) atoms. The van der Waals surface area contributed by atoms with Crippen molar-refractivity contribution in [2.24, 2.45) is 0 Å². The highest BCUT2D eigenvalue weighted by molar-refractivity contribution is 9.10. The van der Waals surface area contributed by atoms with E-state index < -0.39 is 6.10 Å². The van der Waals surface area contributed by atoms with E-state index in [0.29, 0.717) is 19.8 Å². The highest BCUT2D eigenvalue weighted by Gasteiger charge is 2.24. The number of halogens is 1. The molecule has 136 valence electrons. The Bertz CT molecular complexity index is 452. The first-order valence-corrected chi connectivity index (χ1v) is 9.39. The van der Waals surface area contributed by atoms with Crippen molar-refractivity contribution in [3.05, 3.63) is 28.7 Å². The molecule has 0 amide bonds. The van der Waals surface area contributed by atoms with E-state index in [0.717, 1.165) is 49.5 Å². The maximum atomic E-state index is 10.1. The van der Waals surface area contributed by atoms with Gasteiger partial charge in [0.25, 0.3) is 0 Å². The van der Waals surface area contributed by atoms with Crippen molar-refractivity contribution in [1.29, 1.82) is 0 Å². The number of quaternary nitrogens is 2. The van der Waals surface area contributed by atoms with Crippen LogP contribution in [0.3, 0.4) is 0 Å². The van der Waals surface area contributed by atoms with Gasteiger partial charge in [0.15, 0.2) is 0 Å². The molecule has 1 aliphatic heterocycles. The second-order valence-corrected chi connectivity index (χ2v) is 7.12. The minimum Gasteiger partial charge on any atom is -0.491 e. The van der Waals surface area contributed by atoms with E-state index in [1.165, 1.54) is 9.80 Å². The topological polar surface area (TPSA) is 67.8 Å². The van der Waals surface area contributed by atoms with Gasteiger partial charge in [-0.2, -0.15) is 0 Å². The summed E-state index contributed by atoms with van der Waals surface area (Å²) in [4.78, 5) is 2.87. The van der Waals surface area contributed by atoms with Crippen molar-refractivity contribution in [3.63, 3.8) is 0 Å². The van der Waals surface area contributed by atoms with Crippen molar-refractivity contribution in [2.45, 2.75) is 6.10 Å². The van der Waals surface area contributed by atoms with Gasteiger partial charge in [0.2, 0.25) is 0 Å². The van der Waals surface area contributed by atoms with Crippen LogP contribution in [0.15, 0.2) is 28.7 Å². The summed E-state index contributed by atoms with van der Waals surface area (Å²) in [5.74, 6) is 0.815. The minimum absolute atomic E-state index is 0.253. The molecule has 0 bridgehead atoms. The maximum Gasteiger partial charge on any atom is 0.127 e. The lowest BCUT2D eigenvalue weighted by Crippen LogP contribution is -3.28. The Hall–Kier alpha value is -0.700. The van der Waals surface area contributed by atoms with Gasteiger partial charge in [0.1, 0.15) is 57.7 Å². The molecule has 0 saturated carbocycles. The quantitative estimate of drug-likeness (QED) is 0.340. The van der Waals surface area contributed by atoms with E-state index in [1.54, 1.807) is 0 Å².